The minimum absolute atomic E-state index is 0.0636. The van der Waals surface area contributed by atoms with E-state index in [-0.39, 0.29) is 28.0 Å². The molecule has 0 aromatic heterocycles. The third-order valence-corrected chi connectivity index (χ3v) is 6.54. The zero-order valence-corrected chi connectivity index (χ0v) is 18.5. The Morgan fingerprint density at radius 3 is 2.41 bits per heavy atom. The molecule has 1 heterocycles. The van der Waals surface area contributed by atoms with E-state index in [1.165, 1.54) is 30.0 Å². The maximum absolute atomic E-state index is 13.0. The van der Waals surface area contributed by atoms with Crippen LogP contribution in [0.3, 0.4) is 0 Å². The summed E-state index contributed by atoms with van der Waals surface area (Å²) in [5.41, 5.74) is 2.05. The summed E-state index contributed by atoms with van der Waals surface area (Å²) in [6.45, 7) is 3.02. The Labute approximate surface area is 185 Å². The van der Waals surface area contributed by atoms with Crippen LogP contribution in [0.4, 0.5) is 17.1 Å². The largest absolute Gasteiger partial charge is 0.454 e. The molecule has 3 aromatic rings. The molecular formula is C23H21N3O5S. The molecule has 1 aliphatic rings. The first kappa shape index (κ1) is 21.4. The molecule has 8 nitrogen and oxygen atoms in total. The smallest absolute Gasteiger partial charge is 0.262 e. The summed E-state index contributed by atoms with van der Waals surface area (Å²) in [6, 6.07) is 16.2. The lowest BCUT2D eigenvalue weighted by Gasteiger charge is -2.16. The monoisotopic (exact) mass is 451 g/mol. The fourth-order valence-electron chi connectivity index (χ4n) is 3.52. The molecule has 164 valence electrons. The Bertz CT molecular complexity index is 1350. The molecule has 0 radical (unpaired) electrons. The van der Waals surface area contributed by atoms with E-state index in [1.807, 2.05) is 6.07 Å². The highest BCUT2D eigenvalue weighted by Gasteiger charge is 2.26. The van der Waals surface area contributed by atoms with Crippen molar-refractivity contribution in [2.45, 2.75) is 18.7 Å². The number of hydrogen-bond donors (Lipinski definition) is 2. The Morgan fingerprint density at radius 2 is 1.69 bits per heavy atom. The fraction of sp³-hybridized carbons (Fsp3) is 0.130. The van der Waals surface area contributed by atoms with Crippen LogP contribution in [0.15, 0.2) is 65.6 Å². The van der Waals surface area contributed by atoms with Gasteiger partial charge < -0.3 is 15.0 Å². The maximum Gasteiger partial charge on any atom is 0.262 e. The van der Waals surface area contributed by atoms with Gasteiger partial charge >= 0.3 is 0 Å². The summed E-state index contributed by atoms with van der Waals surface area (Å²) in [4.78, 5) is 25.8. The summed E-state index contributed by atoms with van der Waals surface area (Å²) >= 11 is 0. The van der Waals surface area contributed by atoms with E-state index in [1.54, 1.807) is 50.4 Å². The minimum Gasteiger partial charge on any atom is -0.454 e. The van der Waals surface area contributed by atoms with Crippen molar-refractivity contribution in [3.05, 3.63) is 71.8 Å². The van der Waals surface area contributed by atoms with Gasteiger partial charge in [0.15, 0.2) is 5.75 Å². The molecule has 32 heavy (non-hydrogen) atoms. The number of amides is 2. The molecule has 0 fully saturated rings. The molecule has 0 saturated carbocycles. The van der Waals surface area contributed by atoms with E-state index in [0.717, 1.165) is 0 Å². The first-order chi connectivity index (χ1) is 15.2. The van der Waals surface area contributed by atoms with Gasteiger partial charge in [-0.3, -0.25) is 14.3 Å². The zero-order chi connectivity index (χ0) is 23.0. The van der Waals surface area contributed by atoms with E-state index in [4.69, 9.17) is 4.74 Å². The average molecular weight is 452 g/mol. The normalized spacial score (nSPS) is 12.8. The highest BCUT2D eigenvalue weighted by molar-refractivity contribution is 7.92. The topological polar surface area (TPSA) is 105 Å². The molecule has 0 bridgehead atoms. The molecule has 0 atom stereocenters. The van der Waals surface area contributed by atoms with Gasteiger partial charge in [0.25, 0.3) is 15.9 Å². The molecule has 2 N–H and O–H groups in total. The van der Waals surface area contributed by atoms with Gasteiger partial charge in [-0.05, 0) is 61.0 Å². The molecule has 9 heteroatoms. The minimum atomic E-state index is -3.94. The number of nitrogens with one attached hydrogen (secondary N) is 2. The summed E-state index contributed by atoms with van der Waals surface area (Å²) in [5, 5.41) is 2.62. The first-order valence-corrected chi connectivity index (χ1v) is 11.2. The lowest BCUT2D eigenvalue weighted by atomic mass is 10.1. The van der Waals surface area contributed by atoms with E-state index < -0.39 is 10.0 Å². The number of hydrogen-bond acceptors (Lipinski definition) is 5. The lowest BCUT2D eigenvalue weighted by Crippen LogP contribution is -2.25. The van der Waals surface area contributed by atoms with Crippen molar-refractivity contribution >= 4 is 38.9 Å². The SMILES string of the molecule is CC(=O)Nc1ccc(S(=O)(=O)Nc2ccc3c(c2)C(=O)N(C)c2ccccc2O3)c(C)c1. The third kappa shape index (κ3) is 4.02. The number of sulfonamides is 1. The predicted molar refractivity (Wildman–Crippen MR) is 122 cm³/mol. The number of para-hydroxylation sites is 2. The van der Waals surface area contributed by atoms with Gasteiger partial charge in [-0.25, -0.2) is 8.42 Å². The summed E-state index contributed by atoms with van der Waals surface area (Å²) < 4.78 is 34.4. The van der Waals surface area contributed by atoms with Crippen LogP contribution in [0.25, 0.3) is 0 Å². The quantitative estimate of drug-likeness (QED) is 0.620. The number of nitrogens with zero attached hydrogens (tertiary/aromatic N) is 1. The van der Waals surface area contributed by atoms with Crippen molar-refractivity contribution in [3.63, 3.8) is 0 Å². The van der Waals surface area contributed by atoms with E-state index in [9.17, 15) is 18.0 Å². The Morgan fingerprint density at radius 1 is 0.969 bits per heavy atom. The second-order valence-electron chi connectivity index (χ2n) is 7.41. The number of rotatable bonds is 4. The van der Waals surface area contributed by atoms with Gasteiger partial charge in [0.2, 0.25) is 5.91 Å². The molecule has 0 aliphatic carbocycles. The van der Waals surface area contributed by atoms with Gasteiger partial charge in [-0.2, -0.15) is 0 Å². The predicted octanol–water partition coefficient (Wildman–Crippen LogP) is 4.14. The molecule has 0 unspecified atom stereocenters. The fourth-order valence-corrected chi connectivity index (χ4v) is 4.80. The van der Waals surface area contributed by atoms with Gasteiger partial charge in [-0.1, -0.05) is 12.1 Å². The van der Waals surface area contributed by atoms with Gasteiger partial charge in [0.05, 0.1) is 16.1 Å². The van der Waals surface area contributed by atoms with Crippen molar-refractivity contribution in [1.29, 1.82) is 0 Å². The highest BCUT2D eigenvalue weighted by Crippen LogP contribution is 2.39. The van der Waals surface area contributed by atoms with Crippen LogP contribution < -0.4 is 19.7 Å². The number of ether oxygens (including phenoxy) is 1. The summed E-state index contributed by atoms with van der Waals surface area (Å²) in [5.74, 6) is 0.305. The van der Waals surface area contributed by atoms with Crippen molar-refractivity contribution in [1.82, 2.24) is 0 Å². The highest BCUT2D eigenvalue weighted by atomic mass is 32.2. The molecule has 4 rings (SSSR count). The third-order valence-electron chi connectivity index (χ3n) is 5.00. The van der Waals surface area contributed by atoms with Gasteiger partial charge in [-0.15, -0.1) is 0 Å². The van der Waals surface area contributed by atoms with Crippen LogP contribution in [0.5, 0.6) is 11.5 Å². The first-order valence-electron chi connectivity index (χ1n) is 9.76. The van der Waals surface area contributed by atoms with Gasteiger partial charge in [0.1, 0.15) is 5.75 Å². The Balaban J connectivity index is 1.65. The van der Waals surface area contributed by atoms with Crippen LogP contribution in [0.2, 0.25) is 0 Å². The van der Waals surface area contributed by atoms with Crippen LogP contribution in [0, 0.1) is 6.92 Å². The average Bonchev–Trinajstić information content (AvgIpc) is 2.82. The lowest BCUT2D eigenvalue weighted by molar-refractivity contribution is -0.114. The van der Waals surface area contributed by atoms with Crippen LogP contribution in [0.1, 0.15) is 22.8 Å². The molecule has 3 aromatic carbocycles. The van der Waals surface area contributed by atoms with Crippen LogP contribution >= 0.6 is 0 Å². The number of aryl methyl sites for hydroxylation is 1. The van der Waals surface area contributed by atoms with Crippen molar-refractivity contribution < 1.29 is 22.7 Å². The number of anilines is 3. The second-order valence-corrected chi connectivity index (χ2v) is 9.06. The number of benzene rings is 3. The Hall–Kier alpha value is -3.85. The number of carbonyl (C=O) groups is 2. The zero-order valence-electron chi connectivity index (χ0n) is 17.7. The van der Waals surface area contributed by atoms with E-state index in [0.29, 0.717) is 28.4 Å². The molecule has 0 spiro atoms. The number of carbonyl (C=O) groups excluding carboxylic acids is 2. The van der Waals surface area contributed by atoms with Crippen molar-refractivity contribution in [2.75, 3.05) is 22.0 Å². The molecule has 1 aliphatic heterocycles. The Kier molecular flexibility index (Phi) is 5.35. The van der Waals surface area contributed by atoms with Gasteiger partial charge in [0, 0.05) is 25.3 Å². The van der Waals surface area contributed by atoms with Crippen molar-refractivity contribution in [2.24, 2.45) is 0 Å². The standard InChI is InChI=1S/C23H21N3O5S/c1-14-12-16(24-15(2)27)9-11-22(14)32(29,30)25-17-8-10-20-18(13-17)23(28)26(3)19-6-4-5-7-21(19)31-20/h4-13,25H,1-3H3,(H,24,27). The van der Waals surface area contributed by atoms with E-state index in [2.05, 4.69) is 10.0 Å². The van der Waals surface area contributed by atoms with Crippen molar-refractivity contribution in [3.8, 4) is 11.5 Å². The molecule has 0 saturated heterocycles. The summed E-state index contributed by atoms with van der Waals surface area (Å²) in [7, 11) is -2.30. The molecular weight excluding hydrogens is 430 g/mol. The maximum atomic E-state index is 13.0. The van der Waals surface area contributed by atoms with E-state index >= 15 is 0 Å². The van der Waals surface area contributed by atoms with Crippen LogP contribution in [-0.4, -0.2) is 27.3 Å². The second kappa shape index (κ2) is 8.01. The summed E-state index contributed by atoms with van der Waals surface area (Å²) in [6.07, 6.45) is 0. The molecule has 2 amide bonds. The van der Waals surface area contributed by atoms with Crippen LogP contribution in [-0.2, 0) is 14.8 Å². The number of fused-ring (bicyclic) bond motifs is 2.